The van der Waals surface area contributed by atoms with Crippen molar-refractivity contribution in [1.29, 1.82) is 0 Å². The smallest absolute Gasteiger partial charge is 0.287 e. The number of hydrogen-bond donors (Lipinski definition) is 1. The first-order valence-electron chi connectivity index (χ1n) is 5.04. The van der Waals surface area contributed by atoms with Crippen molar-refractivity contribution >= 4 is 40.5 Å². The Morgan fingerprint density at radius 2 is 1.94 bits per heavy atom. The summed E-state index contributed by atoms with van der Waals surface area (Å²) in [7, 11) is 1.58. The third-order valence-electron chi connectivity index (χ3n) is 2.58. The summed E-state index contributed by atoms with van der Waals surface area (Å²) >= 11 is 16.9. The number of hydrogen-bond acceptors (Lipinski definition) is 4. The van der Waals surface area contributed by atoms with Crippen molar-refractivity contribution in [2.24, 2.45) is 5.16 Å². The molecule has 1 heterocycles. The highest BCUT2D eigenvalue weighted by atomic mass is 35.6. The van der Waals surface area contributed by atoms with Crippen LogP contribution in [0.25, 0.3) is 0 Å². The van der Waals surface area contributed by atoms with Gasteiger partial charge in [-0.25, -0.2) is 0 Å². The normalized spacial score (nSPS) is 23.5. The van der Waals surface area contributed by atoms with Gasteiger partial charge in [-0.1, -0.05) is 40.0 Å². The predicted octanol–water partition coefficient (Wildman–Crippen LogP) is 2.88. The quantitative estimate of drug-likeness (QED) is 0.855. The van der Waals surface area contributed by atoms with Crippen LogP contribution < -0.4 is 4.74 Å². The monoisotopic (exact) mass is 309 g/mol. The van der Waals surface area contributed by atoms with Crippen molar-refractivity contribution in [1.82, 2.24) is 0 Å². The van der Waals surface area contributed by atoms with E-state index in [1.165, 1.54) is 0 Å². The van der Waals surface area contributed by atoms with Crippen LogP contribution in [0.15, 0.2) is 29.4 Å². The highest BCUT2D eigenvalue weighted by molar-refractivity contribution is 6.68. The Hall–Kier alpha value is -0.680. The molecule has 1 aromatic rings. The maximum Gasteiger partial charge on any atom is 0.287 e. The van der Waals surface area contributed by atoms with E-state index in [0.29, 0.717) is 5.71 Å². The van der Waals surface area contributed by atoms with E-state index in [1.807, 2.05) is 0 Å². The molecule has 0 fully saturated rings. The molecule has 0 spiro atoms. The first-order chi connectivity index (χ1) is 8.36. The maximum absolute atomic E-state index is 10.0. The van der Waals surface area contributed by atoms with Gasteiger partial charge in [-0.15, -0.1) is 0 Å². The van der Waals surface area contributed by atoms with Gasteiger partial charge in [0, 0.05) is 0 Å². The average Bonchev–Trinajstić information content (AvgIpc) is 2.73. The molecular formula is C11H10Cl3NO3. The zero-order valence-electron chi connectivity index (χ0n) is 9.36. The van der Waals surface area contributed by atoms with E-state index >= 15 is 0 Å². The number of alkyl halides is 3. The van der Waals surface area contributed by atoms with Crippen LogP contribution in [0.5, 0.6) is 5.75 Å². The fourth-order valence-electron chi connectivity index (χ4n) is 1.51. The van der Waals surface area contributed by atoms with Crippen LogP contribution in [0.1, 0.15) is 12.0 Å². The molecule has 7 heteroatoms. The van der Waals surface area contributed by atoms with Crippen LogP contribution in [0.3, 0.4) is 0 Å². The molecule has 0 amide bonds. The lowest BCUT2D eigenvalue weighted by Gasteiger charge is -2.26. The Kier molecular flexibility index (Phi) is 3.65. The predicted molar refractivity (Wildman–Crippen MR) is 70.5 cm³/mol. The molecule has 0 saturated carbocycles. The van der Waals surface area contributed by atoms with Gasteiger partial charge in [0.05, 0.1) is 19.2 Å². The molecule has 1 aliphatic rings. The van der Waals surface area contributed by atoms with Crippen LogP contribution in [0, 0.1) is 0 Å². The highest BCUT2D eigenvalue weighted by Crippen LogP contribution is 2.44. The number of methoxy groups -OCH3 is 1. The van der Waals surface area contributed by atoms with E-state index in [1.54, 1.807) is 31.4 Å². The van der Waals surface area contributed by atoms with E-state index in [0.717, 1.165) is 11.3 Å². The summed E-state index contributed by atoms with van der Waals surface area (Å²) in [6.07, 6.45) is -0.00414. The van der Waals surface area contributed by atoms with E-state index in [9.17, 15) is 5.11 Å². The summed E-state index contributed by atoms with van der Waals surface area (Å²) in [5.41, 5.74) is 1.27. The average molecular weight is 311 g/mol. The van der Waals surface area contributed by atoms with E-state index in [4.69, 9.17) is 44.4 Å². The topological polar surface area (TPSA) is 51.0 Å². The van der Waals surface area contributed by atoms with Gasteiger partial charge in [0.1, 0.15) is 5.75 Å². The Bertz CT molecular complexity index is 469. The molecule has 18 heavy (non-hydrogen) atoms. The molecule has 4 nitrogen and oxygen atoms in total. The third kappa shape index (κ3) is 2.52. The third-order valence-corrected chi connectivity index (χ3v) is 3.47. The van der Waals surface area contributed by atoms with Crippen LogP contribution >= 0.6 is 34.8 Å². The van der Waals surface area contributed by atoms with Crippen molar-refractivity contribution in [2.45, 2.75) is 16.0 Å². The largest absolute Gasteiger partial charge is 0.497 e. The van der Waals surface area contributed by atoms with Gasteiger partial charge in [0.15, 0.2) is 0 Å². The van der Waals surface area contributed by atoms with Crippen molar-refractivity contribution in [2.75, 3.05) is 7.11 Å². The Labute approximate surface area is 119 Å². The van der Waals surface area contributed by atoms with Crippen LogP contribution in [-0.2, 0) is 4.84 Å². The zero-order chi connectivity index (χ0) is 13.4. The minimum atomic E-state index is -1.97. The molecule has 0 aromatic heterocycles. The van der Waals surface area contributed by atoms with Crippen LogP contribution in [-0.4, -0.2) is 27.5 Å². The van der Waals surface area contributed by atoms with Crippen molar-refractivity contribution in [3.05, 3.63) is 29.8 Å². The van der Waals surface area contributed by atoms with Gasteiger partial charge < -0.3 is 14.7 Å². The lowest BCUT2D eigenvalue weighted by Crippen LogP contribution is -2.42. The number of ether oxygens (including phenoxy) is 1. The number of rotatable bonds is 2. The Morgan fingerprint density at radius 1 is 1.33 bits per heavy atom. The highest BCUT2D eigenvalue weighted by Gasteiger charge is 2.54. The summed E-state index contributed by atoms with van der Waals surface area (Å²) in [5, 5.41) is 13.8. The fraction of sp³-hybridized carbons (Fsp3) is 0.364. The number of aliphatic hydroxyl groups is 1. The first kappa shape index (κ1) is 13.7. The standard InChI is InChI=1S/C11H10Cl3NO3/c1-17-8-4-2-7(3-5-8)9-6-10(16,18-15-9)11(12,13)14/h2-5,16H,6H2,1H3. The molecule has 1 aromatic carbocycles. The SMILES string of the molecule is COc1ccc(C2=NOC(O)(C(Cl)(Cl)Cl)C2)cc1. The molecule has 1 unspecified atom stereocenters. The lowest BCUT2D eigenvalue weighted by molar-refractivity contribution is -0.181. The second kappa shape index (κ2) is 4.78. The van der Waals surface area contributed by atoms with E-state index < -0.39 is 9.58 Å². The summed E-state index contributed by atoms with van der Waals surface area (Å²) in [4.78, 5) is 4.84. The van der Waals surface area contributed by atoms with E-state index in [2.05, 4.69) is 5.16 Å². The maximum atomic E-state index is 10.0. The molecule has 98 valence electrons. The van der Waals surface area contributed by atoms with Gasteiger partial charge in [0.2, 0.25) is 0 Å². The van der Waals surface area contributed by atoms with Crippen molar-refractivity contribution in [3.63, 3.8) is 0 Å². The molecule has 0 bridgehead atoms. The van der Waals surface area contributed by atoms with Crippen LogP contribution in [0.2, 0.25) is 0 Å². The Morgan fingerprint density at radius 3 is 2.39 bits per heavy atom. The second-order valence-corrected chi connectivity index (χ2v) is 6.10. The second-order valence-electron chi connectivity index (χ2n) is 3.82. The van der Waals surface area contributed by atoms with Gasteiger partial charge in [-0.2, -0.15) is 0 Å². The minimum absolute atomic E-state index is 0.00414. The molecule has 0 saturated heterocycles. The zero-order valence-corrected chi connectivity index (χ0v) is 11.6. The molecule has 1 aliphatic heterocycles. The molecule has 0 aliphatic carbocycles. The number of benzene rings is 1. The summed E-state index contributed by atoms with van der Waals surface area (Å²) in [5.74, 6) is -1.22. The summed E-state index contributed by atoms with van der Waals surface area (Å²) < 4.78 is 3.08. The molecular weight excluding hydrogens is 300 g/mol. The van der Waals surface area contributed by atoms with Gasteiger partial charge >= 0.3 is 0 Å². The molecule has 0 radical (unpaired) electrons. The van der Waals surface area contributed by atoms with Crippen molar-refractivity contribution in [3.8, 4) is 5.75 Å². The Balaban J connectivity index is 2.17. The lowest BCUT2D eigenvalue weighted by atomic mass is 10.0. The van der Waals surface area contributed by atoms with Crippen molar-refractivity contribution < 1.29 is 14.7 Å². The van der Waals surface area contributed by atoms with Gasteiger partial charge in [0.25, 0.3) is 9.58 Å². The van der Waals surface area contributed by atoms with Gasteiger partial charge in [-0.05, 0) is 29.8 Å². The molecule has 2 rings (SSSR count). The molecule has 1 N–H and O–H groups in total. The van der Waals surface area contributed by atoms with Crippen LogP contribution in [0.4, 0.5) is 0 Å². The van der Waals surface area contributed by atoms with Gasteiger partial charge in [-0.3, -0.25) is 0 Å². The minimum Gasteiger partial charge on any atom is -0.497 e. The number of nitrogens with zero attached hydrogens (tertiary/aromatic N) is 1. The number of halogens is 3. The summed E-state index contributed by atoms with van der Waals surface area (Å²) in [6, 6.07) is 7.10. The summed E-state index contributed by atoms with van der Waals surface area (Å²) in [6.45, 7) is 0. The number of oxime groups is 1. The molecule has 1 atom stereocenters. The first-order valence-corrected chi connectivity index (χ1v) is 6.18. The fourth-order valence-corrected chi connectivity index (χ4v) is 1.82. The van der Waals surface area contributed by atoms with E-state index in [-0.39, 0.29) is 6.42 Å².